The lowest BCUT2D eigenvalue weighted by Crippen LogP contribution is -2.10. The van der Waals surface area contributed by atoms with Gasteiger partial charge in [-0.15, -0.1) is 0 Å². The maximum atomic E-state index is 11.3. The monoisotopic (exact) mass is 432 g/mol. The summed E-state index contributed by atoms with van der Waals surface area (Å²) in [6, 6.07) is 15.1. The minimum absolute atomic E-state index is 0.297. The van der Waals surface area contributed by atoms with E-state index in [1.54, 1.807) is 36.4 Å². The van der Waals surface area contributed by atoms with E-state index in [0.29, 0.717) is 11.1 Å². The molecule has 8 heteroatoms. The first-order valence-electron chi connectivity index (χ1n) is 9.16. The van der Waals surface area contributed by atoms with E-state index >= 15 is 0 Å². The third-order valence-electron chi connectivity index (χ3n) is 4.61. The van der Waals surface area contributed by atoms with Crippen molar-refractivity contribution in [2.24, 2.45) is 0 Å². The number of carboxylic acid groups (broad SMARTS) is 4. The minimum atomic E-state index is -1.34. The Balaban J connectivity index is 1.96. The summed E-state index contributed by atoms with van der Waals surface area (Å²) in [6.45, 7) is 0. The van der Waals surface area contributed by atoms with Crippen molar-refractivity contribution in [3.05, 3.63) is 104 Å². The number of rotatable bonds is 6. The second kappa shape index (κ2) is 8.97. The molecule has 0 aliphatic carbocycles. The van der Waals surface area contributed by atoms with E-state index < -0.39 is 23.9 Å². The Labute approximate surface area is 180 Å². The number of carboxylic acids is 4. The molecule has 3 aromatic carbocycles. The lowest BCUT2D eigenvalue weighted by molar-refractivity contribution is 0.0651. The van der Waals surface area contributed by atoms with Crippen LogP contribution in [0.15, 0.2) is 60.7 Å². The predicted octanol–water partition coefficient (Wildman–Crippen LogP) is 2.14. The van der Waals surface area contributed by atoms with Gasteiger partial charge >= 0.3 is 23.9 Å². The van der Waals surface area contributed by atoms with Crippen LogP contribution in [0.4, 0.5) is 0 Å². The van der Waals surface area contributed by atoms with Crippen LogP contribution in [0.2, 0.25) is 0 Å². The Morgan fingerprint density at radius 2 is 0.781 bits per heavy atom. The van der Waals surface area contributed by atoms with Crippen LogP contribution in [0, 0.1) is 0 Å². The van der Waals surface area contributed by atoms with E-state index in [1.807, 2.05) is 0 Å². The molecule has 0 amide bonds. The summed E-state index contributed by atoms with van der Waals surface area (Å²) in [5.74, 6) is -5.32. The number of benzene rings is 3. The Morgan fingerprint density at radius 1 is 0.469 bits per heavy atom. The summed E-state index contributed by atoms with van der Waals surface area (Å²) in [6.07, 6.45) is 3.37. The lowest BCUT2D eigenvalue weighted by Gasteiger charge is -2.03. The van der Waals surface area contributed by atoms with E-state index in [2.05, 4.69) is 0 Å². The van der Waals surface area contributed by atoms with Gasteiger partial charge in [-0.05, 0) is 58.0 Å². The molecule has 0 bridgehead atoms. The Bertz CT molecular complexity index is 1260. The molecule has 0 spiro atoms. The Hall–Kier alpha value is -4.72. The van der Waals surface area contributed by atoms with Crippen molar-refractivity contribution < 1.29 is 39.6 Å². The summed E-state index contributed by atoms with van der Waals surface area (Å²) in [5, 5.41) is 38.1. The third kappa shape index (κ3) is 4.88. The van der Waals surface area contributed by atoms with Crippen molar-refractivity contribution in [2.75, 3.05) is 0 Å². The van der Waals surface area contributed by atoms with Gasteiger partial charge in [0.2, 0.25) is 0 Å². The zero-order chi connectivity index (χ0) is 23.4. The average molecular weight is 432 g/mol. The molecule has 0 heterocycles. The fraction of sp³-hybridized carbons (Fsp3) is 0. The van der Waals surface area contributed by atoms with Crippen LogP contribution in [-0.2, 0) is 0 Å². The Kier molecular flexibility index (Phi) is 6.16. The van der Waals surface area contributed by atoms with E-state index in [-0.39, 0.29) is 22.3 Å². The molecule has 0 saturated carbocycles. The second-order valence-electron chi connectivity index (χ2n) is 6.79. The van der Waals surface area contributed by atoms with Crippen LogP contribution in [0.3, 0.4) is 0 Å². The highest BCUT2D eigenvalue weighted by molar-refractivity contribution is 6.02. The molecule has 0 atom stereocenters. The van der Waals surface area contributed by atoms with Gasteiger partial charge in [0.25, 0.3) is 0 Å². The standard InChI is InChI=1S/C24H16O8/c25-21(26)17-7-5-15(11-19(17)23(29)30)9-13-1-2-14(4-3-13)10-16-6-8-18(22(27)28)20(12-16)24(31)32/h1-12H,(H,25,26)(H,27,28)(H,29,30)(H,31,32). The van der Waals surface area contributed by atoms with E-state index in [4.69, 9.17) is 10.2 Å². The first-order chi connectivity index (χ1) is 15.2. The van der Waals surface area contributed by atoms with Crippen molar-refractivity contribution in [1.29, 1.82) is 0 Å². The molecule has 160 valence electrons. The van der Waals surface area contributed by atoms with Crippen molar-refractivity contribution in [3.63, 3.8) is 0 Å². The summed E-state index contributed by atoms with van der Waals surface area (Å²) >= 11 is 0. The molecule has 0 unspecified atom stereocenters. The summed E-state index contributed by atoms with van der Waals surface area (Å²) in [5.41, 5.74) is -0.187. The normalized spacial score (nSPS) is 10.2. The molecular weight excluding hydrogens is 416 g/mol. The fourth-order valence-corrected chi connectivity index (χ4v) is 3.10. The number of carbonyl (C=O) groups is 4. The van der Waals surface area contributed by atoms with E-state index in [9.17, 15) is 29.4 Å². The fourth-order valence-electron chi connectivity index (χ4n) is 3.10. The van der Waals surface area contributed by atoms with Crippen molar-refractivity contribution in [2.45, 2.75) is 0 Å². The SMILES string of the molecule is O=C(O)c1ccc(C=c2ccc(=Cc3ccc(C(=O)O)c(C(=O)O)c3)cc2)cc1C(=O)O. The first kappa shape index (κ1) is 22.0. The quantitative estimate of drug-likeness (QED) is 0.463. The molecule has 8 nitrogen and oxygen atoms in total. The van der Waals surface area contributed by atoms with Gasteiger partial charge in [0, 0.05) is 0 Å². The van der Waals surface area contributed by atoms with Crippen molar-refractivity contribution in [1.82, 2.24) is 0 Å². The van der Waals surface area contributed by atoms with Crippen LogP contribution >= 0.6 is 0 Å². The molecule has 0 fully saturated rings. The Morgan fingerprint density at radius 3 is 1.06 bits per heavy atom. The first-order valence-corrected chi connectivity index (χ1v) is 9.16. The zero-order valence-corrected chi connectivity index (χ0v) is 16.4. The van der Waals surface area contributed by atoms with Crippen LogP contribution in [0.1, 0.15) is 52.6 Å². The van der Waals surface area contributed by atoms with Gasteiger partial charge in [-0.3, -0.25) is 0 Å². The molecule has 0 saturated heterocycles. The van der Waals surface area contributed by atoms with Gasteiger partial charge < -0.3 is 20.4 Å². The highest BCUT2D eigenvalue weighted by atomic mass is 16.4. The molecule has 3 rings (SSSR count). The summed E-state index contributed by atoms with van der Waals surface area (Å²) < 4.78 is 0. The molecule has 0 aliphatic heterocycles. The number of hydrogen-bond donors (Lipinski definition) is 4. The topological polar surface area (TPSA) is 149 Å². The molecular formula is C24H16O8. The van der Waals surface area contributed by atoms with Gasteiger partial charge in [-0.25, -0.2) is 19.2 Å². The molecule has 4 N–H and O–H groups in total. The molecule has 0 aromatic heterocycles. The zero-order valence-electron chi connectivity index (χ0n) is 16.4. The highest BCUT2D eigenvalue weighted by Crippen LogP contribution is 2.14. The molecule has 32 heavy (non-hydrogen) atoms. The van der Waals surface area contributed by atoms with Crippen LogP contribution in [-0.4, -0.2) is 44.3 Å². The molecule has 0 aliphatic rings. The smallest absolute Gasteiger partial charge is 0.336 e. The van der Waals surface area contributed by atoms with Gasteiger partial charge in [-0.1, -0.05) is 36.4 Å². The predicted molar refractivity (Wildman–Crippen MR) is 114 cm³/mol. The molecule has 0 radical (unpaired) electrons. The third-order valence-corrected chi connectivity index (χ3v) is 4.61. The summed E-state index contributed by atoms with van der Waals surface area (Å²) in [4.78, 5) is 45.0. The summed E-state index contributed by atoms with van der Waals surface area (Å²) in [7, 11) is 0. The van der Waals surface area contributed by atoms with Crippen molar-refractivity contribution in [3.8, 4) is 0 Å². The van der Waals surface area contributed by atoms with Gasteiger partial charge in [-0.2, -0.15) is 0 Å². The molecule has 3 aromatic rings. The van der Waals surface area contributed by atoms with Crippen molar-refractivity contribution >= 4 is 36.0 Å². The second-order valence-corrected chi connectivity index (χ2v) is 6.79. The number of aromatic carboxylic acids is 4. The maximum absolute atomic E-state index is 11.3. The van der Waals surface area contributed by atoms with Gasteiger partial charge in [0.1, 0.15) is 0 Å². The van der Waals surface area contributed by atoms with E-state index in [0.717, 1.165) is 10.4 Å². The van der Waals surface area contributed by atoms with E-state index in [1.165, 1.54) is 36.4 Å². The van der Waals surface area contributed by atoms with Crippen LogP contribution < -0.4 is 10.4 Å². The van der Waals surface area contributed by atoms with Crippen LogP contribution in [0.5, 0.6) is 0 Å². The van der Waals surface area contributed by atoms with Gasteiger partial charge in [0.05, 0.1) is 22.3 Å². The number of hydrogen-bond acceptors (Lipinski definition) is 4. The van der Waals surface area contributed by atoms with Gasteiger partial charge in [0.15, 0.2) is 0 Å². The van der Waals surface area contributed by atoms with Crippen LogP contribution in [0.25, 0.3) is 12.2 Å². The maximum Gasteiger partial charge on any atom is 0.336 e. The largest absolute Gasteiger partial charge is 0.478 e. The average Bonchev–Trinajstić information content (AvgIpc) is 2.74. The highest BCUT2D eigenvalue weighted by Gasteiger charge is 2.16. The minimum Gasteiger partial charge on any atom is -0.478 e. The lowest BCUT2D eigenvalue weighted by atomic mass is 10.0.